The molecule has 0 amide bonds. The van der Waals surface area contributed by atoms with Crippen LogP contribution in [0.15, 0.2) is 0 Å². The Kier molecular flexibility index (Phi) is 7.06. The smallest absolute Gasteiger partial charge is 0.00790 e. The predicted octanol–water partition coefficient (Wildman–Crippen LogP) is 3.03. The summed E-state index contributed by atoms with van der Waals surface area (Å²) in [4.78, 5) is 2.66. The summed E-state index contributed by atoms with van der Waals surface area (Å²) in [7, 11) is 0. The van der Waals surface area contributed by atoms with Crippen LogP contribution in [-0.2, 0) is 0 Å². The van der Waals surface area contributed by atoms with Gasteiger partial charge in [-0.05, 0) is 58.7 Å². The van der Waals surface area contributed by atoms with E-state index in [2.05, 4.69) is 31.0 Å². The van der Waals surface area contributed by atoms with Crippen molar-refractivity contribution in [1.29, 1.82) is 0 Å². The Hall–Kier alpha value is -0.0800. The molecule has 2 nitrogen and oxygen atoms in total. The normalized spacial score (nSPS) is 20.2. The third-order valence-corrected chi connectivity index (χ3v) is 3.99. The van der Waals surface area contributed by atoms with Gasteiger partial charge in [0, 0.05) is 12.1 Å². The highest BCUT2D eigenvalue weighted by Gasteiger charge is 2.16. The first-order valence-corrected chi connectivity index (χ1v) is 7.25. The van der Waals surface area contributed by atoms with Crippen LogP contribution in [-0.4, -0.2) is 36.6 Å². The van der Waals surface area contributed by atoms with Crippen molar-refractivity contribution in [2.45, 2.75) is 71.4 Å². The summed E-state index contributed by atoms with van der Waals surface area (Å²) in [6, 6.07) is 1.50. The maximum absolute atomic E-state index is 3.66. The summed E-state index contributed by atoms with van der Waals surface area (Å²) in [6.45, 7) is 10.8. The first-order chi connectivity index (χ1) is 7.77. The zero-order valence-corrected chi connectivity index (χ0v) is 11.5. The Balaban J connectivity index is 2.11. The van der Waals surface area contributed by atoms with Crippen molar-refractivity contribution in [1.82, 2.24) is 10.2 Å². The molecule has 0 aromatic rings. The van der Waals surface area contributed by atoms with Gasteiger partial charge in [-0.15, -0.1) is 0 Å². The van der Waals surface area contributed by atoms with E-state index in [1.807, 2.05) is 0 Å². The number of nitrogens with one attached hydrogen (secondary N) is 1. The molecule has 0 radical (unpaired) electrons. The molecule has 0 aromatic carbocycles. The van der Waals surface area contributed by atoms with E-state index < -0.39 is 0 Å². The fraction of sp³-hybridized carbons (Fsp3) is 1.00. The molecule has 1 saturated heterocycles. The maximum atomic E-state index is 3.66. The highest BCUT2D eigenvalue weighted by atomic mass is 15.2. The number of hydrogen-bond acceptors (Lipinski definition) is 2. The van der Waals surface area contributed by atoms with Gasteiger partial charge in [0.05, 0.1) is 0 Å². The van der Waals surface area contributed by atoms with E-state index in [1.165, 1.54) is 58.2 Å². The summed E-state index contributed by atoms with van der Waals surface area (Å²) in [5, 5.41) is 3.66. The van der Waals surface area contributed by atoms with Crippen molar-refractivity contribution in [2.24, 2.45) is 0 Å². The second kappa shape index (κ2) is 8.08. The van der Waals surface area contributed by atoms with Gasteiger partial charge in [0.15, 0.2) is 0 Å². The number of likely N-dealkylation sites (tertiary alicyclic amines) is 1. The molecule has 16 heavy (non-hydrogen) atoms. The highest BCUT2D eigenvalue weighted by Crippen LogP contribution is 2.13. The van der Waals surface area contributed by atoms with E-state index in [0.717, 1.165) is 12.1 Å². The van der Waals surface area contributed by atoms with Gasteiger partial charge in [0.25, 0.3) is 0 Å². The summed E-state index contributed by atoms with van der Waals surface area (Å²) < 4.78 is 0. The first kappa shape index (κ1) is 14.0. The van der Waals surface area contributed by atoms with E-state index in [0.29, 0.717) is 0 Å². The second-order valence-corrected chi connectivity index (χ2v) is 5.20. The molecule has 1 N–H and O–H groups in total. The fourth-order valence-electron chi connectivity index (χ4n) is 2.62. The summed E-state index contributed by atoms with van der Waals surface area (Å²) >= 11 is 0. The quantitative estimate of drug-likeness (QED) is 0.718. The van der Waals surface area contributed by atoms with Crippen molar-refractivity contribution in [3.63, 3.8) is 0 Å². The van der Waals surface area contributed by atoms with Crippen LogP contribution in [0, 0.1) is 0 Å². The Bertz CT molecular complexity index is 160. The van der Waals surface area contributed by atoms with Crippen LogP contribution in [0.5, 0.6) is 0 Å². The molecule has 0 aromatic heterocycles. The van der Waals surface area contributed by atoms with Crippen LogP contribution >= 0.6 is 0 Å². The molecular weight excluding hydrogens is 196 g/mol. The van der Waals surface area contributed by atoms with Crippen LogP contribution < -0.4 is 5.32 Å². The van der Waals surface area contributed by atoms with Gasteiger partial charge in [-0.3, -0.25) is 0 Å². The van der Waals surface area contributed by atoms with Gasteiger partial charge in [0.1, 0.15) is 0 Å². The molecule has 0 spiro atoms. The summed E-state index contributed by atoms with van der Waals surface area (Å²) in [5.41, 5.74) is 0. The SMILES string of the molecule is CCC(CC)NCCC(C)N1CCCCC1. The topological polar surface area (TPSA) is 15.3 Å². The van der Waals surface area contributed by atoms with Crippen LogP contribution in [0.2, 0.25) is 0 Å². The predicted molar refractivity (Wildman–Crippen MR) is 71.9 cm³/mol. The number of piperidine rings is 1. The Morgan fingerprint density at radius 3 is 2.25 bits per heavy atom. The number of rotatable bonds is 7. The van der Waals surface area contributed by atoms with E-state index in [9.17, 15) is 0 Å². The van der Waals surface area contributed by atoms with Crippen molar-refractivity contribution in [3.05, 3.63) is 0 Å². The van der Waals surface area contributed by atoms with E-state index in [1.54, 1.807) is 0 Å². The number of nitrogens with zero attached hydrogens (tertiary/aromatic N) is 1. The van der Waals surface area contributed by atoms with Crippen LogP contribution in [0.4, 0.5) is 0 Å². The second-order valence-electron chi connectivity index (χ2n) is 5.20. The lowest BCUT2D eigenvalue weighted by molar-refractivity contribution is 0.165. The molecule has 1 rings (SSSR count). The van der Waals surface area contributed by atoms with Gasteiger partial charge in [-0.1, -0.05) is 20.3 Å². The van der Waals surface area contributed by atoms with Gasteiger partial charge in [-0.2, -0.15) is 0 Å². The minimum absolute atomic E-state index is 0.730. The monoisotopic (exact) mass is 226 g/mol. The largest absolute Gasteiger partial charge is 0.314 e. The zero-order chi connectivity index (χ0) is 11.8. The third-order valence-electron chi connectivity index (χ3n) is 3.99. The van der Waals surface area contributed by atoms with Crippen LogP contribution in [0.25, 0.3) is 0 Å². The van der Waals surface area contributed by atoms with Crippen LogP contribution in [0.3, 0.4) is 0 Å². The molecule has 96 valence electrons. The summed E-state index contributed by atoms with van der Waals surface area (Å²) in [6.07, 6.45) is 8.07. The molecule has 2 heteroatoms. The van der Waals surface area contributed by atoms with Crippen molar-refractivity contribution < 1.29 is 0 Å². The molecule has 0 bridgehead atoms. The van der Waals surface area contributed by atoms with E-state index >= 15 is 0 Å². The van der Waals surface area contributed by atoms with Gasteiger partial charge < -0.3 is 10.2 Å². The first-order valence-electron chi connectivity index (χ1n) is 7.25. The van der Waals surface area contributed by atoms with Crippen molar-refractivity contribution in [3.8, 4) is 0 Å². The fourth-order valence-corrected chi connectivity index (χ4v) is 2.62. The Morgan fingerprint density at radius 2 is 1.69 bits per heavy atom. The molecule has 1 aliphatic rings. The lowest BCUT2D eigenvalue weighted by atomic mass is 10.1. The molecule has 1 atom stereocenters. The molecule has 1 aliphatic heterocycles. The van der Waals surface area contributed by atoms with Crippen molar-refractivity contribution >= 4 is 0 Å². The molecule has 0 saturated carbocycles. The van der Waals surface area contributed by atoms with Gasteiger partial charge in [0.2, 0.25) is 0 Å². The minimum Gasteiger partial charge on any atom is -0.314 e. The van der Waals surface area contributed by atoms with Gasteiger partial charge in [-0.25, -0.2) is 0 Å². The molecule has 1 heterocycles. The van der Waals surface area contributed by atoms with E-state index in [-0.39, 0.29) is 0 Å². The summed E-state index contributed by atoms with van der Waals surface area (Å²) in [5.74, 6) is 0. The van der Waals surface area contributed by atoms with E-state index in [4.69, 9.17) is 0 Å². The van der Waals surface area contributed by atoms with Crippen LogP contribution in [0.1, 0.15) is 59.3 Å². The average Bonchev–Trinajstić information content (AvgIpc) is 2.35. The maximum Gasteiger partial charge on any atom is 0.00790 e. The molecular formula is C14H30N2. The third kappa shape index (κ3) is 4.84. The van der Waals surface area contributed by atoms with Crippen molar-refractivity contribution in [2.75, 3.05) is 19.6 Å². The molecule has 1 fully saturated rings. The zero-order valence-electron chi connectivity index (χ0n) is 11.5. The lowest BCUT2D eigenvalue weighted by Gasteiger charge is -2.32. The van der Waals surface area contributed by atoms with Gasteiger partial charge >= 0.3 is 0 Å². The Morgan fingerprint density at radius 1 is 1.06 bits per heavy atom. The molecule has 1 unspecified atom stereocenters. The lowest BCUT2D eigenvalue weighted by Crippen LogP contribution is -2.40. The Labute approximate surface area is 102 Å². The standard InChI is InChI=1S/C14H30N2/c1-4-14(5-2)15-10-9-13(3)16-11-7-6-8-12-16/h13-15H,4-12H2,1-3H3. The average molecular weight is 226 g/mol. The number of hydrogen-bond donors (Lipinski definition) is 1. The molecule has 0 aliphatic carbocycles. The highest BCUT2D eigenvalue weighted by molar-refractivity contribution is 4.73. The minimum atomic E-state index is 0.730.